The van der Waals surface area contributed by atoms with E-state index in [1.54, 1.807) is 37.2 Å². The van der Waals surface area contributed by atoms with Crippen molar-refractivity contribution < 1.29 is 23.6 Å². The molecule has 0 saturated heterocycles. The molecule has 380 valence electrons. The summed E-state index contributed by atoms with van der Waals surface area (Å²) >= 11 is 20.0. The van der Waals surface area contributed by atoms with E-state index in [0.717, 1.165) is 104 Å². The highest BCUT2D eigenvalue weighted by atomic mass is 36.0. The van der Waals surface area contributed by atoms with Crippen molar-refractivity contribution in [2.75, 3.05) is 34.4 Å². The number of hydrogen-bond acceptors (Lipinski definition) is 17. The summed E-state index contributed by atoms with van der Waals surface area (Å²) < 4.78 is 19.8. The van der Waals surface area contributed by atoms with Gasteiger partial charge in [0.05, 0.1) is 25.0 Å². The average Bonchev–Trinajstić information content (AvgIpc) is 3.32. The van der Waals surface area contributed by atoms with Crippen molar-refractivity contribution in [3.63, 3.8) is 0 Å². The number of pyridine rings is 4. The maximum atomic E-state index is 12.0. The van der Waals surface area contributed by atoms with Gasteiger partial charge in [0.25, 0.3) is 5.56 Å². The first-order valence-corrected chi connectivity index (χ1v) is 28.3. The van der Waals surface area contributed by atoms with Crippen LogP contribution < -0.4 is 26.8 Å². The Morgan fingerprint density at radius 2 is 1.07 bits per heavy atom. The van der Waals surface area contributed by atoms with E-state index in [1.807, 2.05) is 64.1 Å². The fourth-order valence-corrected chi connectivity index (χ4v) is 8.37. The summed E-state index contributed by atoms with van der Waals surface area (Å²) in [5.74, 6) is 3.30. The van der Waals surface area contributed by atoms with Crippen molar-refractivity contribution in [2.24, 2.45) is 11.8 Å². The van der Waals surface area contributed by atoms with Gasteiger partial charge in [-0.15, -0.1) is 0 Å². The highest BCUT2D eigenvalue weighted by Gasteiger charge is 2.23. The minimum absolute atomic E-state index is 0.121. The van der Waals surface area contributed by atoms with E-state index in [1.165, 1.54) is 0 Å². The summed E-state index contributed by atoms with van der Waals surface area (Å²) in [5, 5.41) is 12.7. The Morgan fingerprint density at radius 1 is 0.648 bits per heavy atom. The highest BCUT2D eigenvalue weighted by Crippen LogP contribution is 2.61. The molecule has 5 N–H and O–H groups in total. The minimum atomic E-state index is -3.22. The molecule has 0 unspecified atom stereocenters. The van der Waals surface area contributed by atoms with Crippen LogP contribution in [-0.2, 0) is 36.5 Å². The largest absolute Gasteiger partial charge is 0.463 e. The molecule has 23 heteroatoms. The number of esters is 2. The van der Waals surface area contributed by atoms with Gasteiger partial charge in [-0.05, 0) is 161 Å². The summed E-state index contributed by atoms with van der Waals surface area (Å²) in [6.07, 6.45) is 18.7. The Balaban J connectivity index is 0.000000212. The molecule has 18 nitrogen and oxygen atoms in total. The van der Waals surface area contributed by atoms with Gasteiger partial charge in [0, 0.05) is 84.3 Å². The van der Waals surface area contributed by atoms with Crippen molar-refractivity contribution in [1.82, 2.24) is 39.9 Å². The zero-order valence-corrected chi connectivity index (χ0v) is 43.8. The van der Waals surface area contributed by atoms with Crippen LogP contribution in [0.1, 0.15) is 90.2 Å². The van der Waals surface area contributed by atoms with E-state index in [4.69, 9.17) is 21.1 Å². The number of hydrogen-bond donors (Lipinski definition) is 5. The molecule has 0 aliphatic heterocycles. The Labute approximate surface area is 431 Å². The second-order valence-corrected chi connectivity index (χ2v) is 25.0. The summed E-state index contributed by atoms with van der Waals surface area (Å²) in [5.41, 5.74) is 2.50. The van der Waals surface area contributed by atoms with E-state index in [-0.39, 0.29) is 42.5 Å². The number of H-pyrrole nitrogens is 1. The molecule has 2 saturated carbocycles. The first-order chi connectivity index (χ1) is 33.9. The van der Waals surface area contributed by atoms with Gasteiger partial charge in [-0.2, -0.15) is 0 Å². The van der Waals surface area contributed by atoms with Crippen LogP contribution in [0.4, 0.5) is 23.5 Å². The number of aromatic nitrogens is 8. The van der Waals surface area contributed by atoms with Crippen LogP contribution in [0.3, 0.4) is 0 Å². The number of halogens is 4. The molecule has 0 amide bonds. The monoisotopic (exact) mass is 1070 g/mol. The quantitative estimate of drug-likeness (QED) is 0.0344. The van der Waals surface area contributed by atoms with Crippen molar-refractivity contribution in [3.05, 3.63) is 100 Å². The summed E-state index contributed by atoms with van der Waals surface area (Å²) in [6, 6.07) is 12.4. The number of carbonyl (C=O) groups excluding carboxylic acids is 2. The Morgan fingerprint density at radius 3 is 1.51 bits per heavy atom. The summed E-state index contributed by atoms with van der Waals surface area (Å²) in [7, 11) is 0. The zero-order chi connectivity index (χ0) is 50.9. The fraction of sp³-hybridized carbons (Fsp3) is 0.458. The topological polar surface area (TPSA) is 241 Å². The number of nitrogens with one attached hydrogen (secondary N) is 5. The van der Waals surface area contributed by atoms with E-state index in [0.29, 0.717) is 46.5 Å². The maximum Gasteiger partial charge on any atom is 0.339 e. The van der Waals surface area contributed by atoms with E-state index in [2.05, 4.69) is 94.9 Å². The van der Waals surface area contributed by atoms with E-state index >= 15 is 0 Å². The highest BCUT2D eigenvalue weighted by molar-refractivity contribution is 8.24. The zero-order valence-electron chi connectivity index (χ0n) is 39.9. The Kier molecular flexibility index (Phi) is 20.8. The summed E-state index contributed by atoms with van der Waals surface area (Å²) in [4.78, 5) is 68.7. The van der Waals surface area contributed by atoms with Gasteiger partial charge in [0.15, 0.2) is 5.15 Å². The van der Waals surface area contributed by atoms with Crippen LogP contribution in [0.15, 0.2) is 78.4 Å². The van der Waals surface area contributed by atoms with Crippen LogP contribution in [0.5, 0.6) is 0 Å². The van der Waals surface area contributed by atoms with Crippen LogP contribution in [0.2, 0.25) is 5.15 Å². The van der Waals surface area contributed by atoms with Crippen molar-refractivity contribution in [3.8, 4) is 0 Å². The van der Waals surface area contributed by atoms with Gasteiger partial charge in [-0.1, -0.05) is 11.6 Å². The second kappa shape index (κ2) is 26.9. The molecule has 8 rings (SSSR count). The van der Waals surface area contributed by atoms with Gasteiger partial charge in [0.1, 0.15) is 22.7 Å². The molecule has 0 aromatic carbocycles. The molecule has 0 atom stereocenters. The third kappa shape index (κ3) is 19.3. The van der Waals surface area contributed by atoms with Crippen LogP contribution >= 0.6 is 50.5 Å². The lowest BCUT2D eigenvalue weighted by Crippen LogP contribution is -2.29. The number of rotatable bonds is 16. The molecule has 71 heavy (non-hydrogen) atoms. The lowest BCUT2D eigenvalue weighted by atomic mass is 9.86. The molecule has 0 spiro atoms. The predicted molar refractivity (Wildman–Crippen MR) is 282 cm³/mol. The van der Waals surface area contributed by atoms with Crippen LogP contribution in [0.25, 0.3) is 21.8 Å². The SMILES string of the molecule is CC(C)OC(=O)Cc1cnc(NCC2CCC(Nc3ccc4cc[nH]c(=O)c4n3)CC2)nc1.CC(C)OC(=O)Cc1cnc(NCC2CCC(Nc3ccc4ccnc(Cl)c4n3)CC2)nc1.O=P(Cl)(Cl)Cl. The third-order valence-electron chi connectivity index (χ3n) is 11.5. The smallest absolute Gasteiger partial charge is 0.339 e. The standard InChI is InChI=1S/C24H29ClN6O2.C24H30N6O3.Cl3OP/c1-15(2)33-21(32)11-17-13-28-24(29-14-17)27-12-16-3-6-19(7-4-16)30-20-8-5-18-9-10-26-23(25)22(18)31-20;1-15(2)33-21(31)11-17-13-27-24(28-14-17)26-12-16-3-6-19(7-4-16)29-20-8-5-18-9-10-25-23(32)22(18)30-20;1-5(2,3)4/h5,8-10,13-16,19H,3-4,6-7,11-12H2,1-2H3,(H,30,31)(H,27,28,29);5,8-10,13-16,19H,3-4,6-7,11-12H2,1-2H3,(H,25,32)(H,29,30)(H,26,27,28);. The lowest BCUT2D eigenvalue weighted by molar-refractivity contribution is -0.147. The number of aromatic amines is 1. The predicted octanol–water partition coefficient (Wildman–Crippen LogP) is 10.8. The second-order valence-electron chi connectivity index (χ2n) is 18.0. The summed E-state index contributed by atoms with van der Waals surface area (Å²) in [6.45, 7) is 8.96. The molecule has 2 fully saturated rings. The normalized spacial score (nSPS) is 17.8. The van der Waals surface area contributed by atoms with Gasteiger partial charge in [-0.3, -0.25) is 18.9 Å². The number of nitrogens with zero attached hydrogens (tertiary/aromatic N) is 7. The molecule has 6 aromatic heterocycles. The van der Waals surface area contributed by atoms with E-state index < -0.39 is 5.20 Å². The van der Waals surface area contributed by atoms with Gasteiger partial charge in [0.2, 0.25) is 11.9 Å². The lowest BCUT2D eigenvalue weighted by Gasteiger charge is -2.29. The van der Waals surface area contributed by atoms with Gasteiger partial charge in [-0.25, -0.2) is 34.9 Å². The molecule has 0 bridgehead atoms. The van der Waals surface area contributed by atoms with Crippen LogP contribution in [0, 0.1) is 11.8 Å². The minimum Gasteiger partial charge on any atom is -0.463 e. The van der Waals surface area contributed by atoms with Crippen molar-refractivity contribution >= 4 is 108 Å². The van der Waals surface area contributed by atoms with Crippen molar-refractivity contribution in [2.45, 2.75) is 116 Å². The fourth-order valence-electron chi connectivity index (χ4n) is 8.16. The number of ether oxygens (including phenoxy) is 2. The van der Waals surface area contributed by atoms with Gasteiger partial charge >= 0.3 is 17.1 Å². The Hall–Kier alpha value is -5.39. The first-order valence-electron chi connectivity index (χ1n) is 23.5. The molecule has 6 heterocycles. The number of carbonyl (C=O) groups is 2. The molecule has 6 aromatic rings. The average molecular weight is 1070 g/mol. The molecule has 0 radical (unpaired) electrons. The van der Waals surface area contributed by atoms with Crippen molar-refractivity contribution in [1.29, 1.82) is 0 Å². The van der Waals surface area contributed by atoms with E-state index in [9.17, 15) is 18.9 Å². The van der Waals surface area contributed by atoms with Crippen LogP contribution in [-0.4, -0.2) is 89.2 Å². The molecule has 2 aliphatic rings. The Bertz CT molecular complexity index is 2760. The third-order valence-corrected chi connectivity index (χ3v) is 11.8. The number of anilines is 4. The maximum absolute atomic E-state index is 12.0. The first kappa shape index (κ1) is 54.9. The number of fused-ring (bicyclic) bond motifs is 2. The van der Waals surface area contributed by atoms with Gasteiger partial charge < -0.3 is 35.7 Å². The molecule has 2 aliphatic carbocycles. The molecular weight excluding hydrogens is 1010 g/mol. The molecular formula is C48H59Cl4N12O6P.